The summed E-state index contributed by atoms with van der Waals surface area (Å²) in [6.45, 7) is 5.88. The topological polar surface area (TPSA) is 104 Å². The van der Waals surface area contributed by atoms with Gasteiger partial charge in [0, 0.05) is 12.1 Å². The molecule has 3 N–H and O–H groups in total. The average Bonchev–Trinajstić information content (AvgIpc) is 2.67. The van der Waals surface area contributed by atoms with Crippen LogP contribution in [0.25, 0.3) is 0 Å². The standard InChI is InChI=1S/C20H25N3O4S/c1-4-13-21-19(24)15(3)22-20(25)16-9-11-17(12-10-16)28(26,27)23-18-8-6-5-7-14(18)2/h5-12,15,23H,4,13H2,1-3H3,(H,21,24)(H,22,25)/t15-/m0/s1. The lowest BCUT2D eigenvalue weighted by molar-refractivity contribution is -0.122. The van der Waals surface area contributed by atoms with Crippen LogP contribution in [0.2, 0.25) is 0 Å². The van der Waals surface area contributed by atoms with Crippen LogP contribution in [-0.4, -0.2) is 32.8 Å². The maximum Gasteiger partial charge on any atom is 0.261 e. The van der Waals surface area contributed by atoms with E-state index in [1.165, 1.54) is 24.3 Å². The monoisotopic (exact) mass is 403 g/mol. The molecule has 0 saturated carbocycles. The largest absolute Gasteiger partial charge is 0.354 e. The van der Waals surface area contributed by atoms with Crippen molar-refractivity contribution in [3.63, 3.8) is 0 Å². The lowest BCUT2D eigenvalue weighted by atomic mass is 10.2. The Kier molecular flexibility index (Phi) is 7.17. The van der Waals surface area contributed by atoms with Crippen molar-refractivity contribution < 1.29 is 18.0 Å². The molecule has 0 aliphatic rings. The molecule has 0 fully saturated rings. The normalized spacial score (nSPS) is 12.1. The highest BCUT2D eigenvalue weighted by Gasteiger charge is 2.18. The molecule has 2 rings (SSSR count). The van der Waals surface area contributed by atoms with Crippen molar-refractivity contribution in [1.82, 2.24) is 10.6 Å². The number of amides is 2. The van der Waals surface area contributed by atoms with Crippen molar-refractivity contribution >= 4 is 27.5 Å². The van der Waals surface area contributed by atoms with Crippen molar-refractivity contribution in [1.29, 1.82) is 0 Å². The minimum absolute atomic E-state index is 0.0426. The number of rotatable bonds is 8. The second kappa shape index (κ2) is 9.36. The van der Waals surface area contributed by atoms with Crippen LogP contribution < -0.4 is 15.4 Å². The second-order valence-corrected chi connectivity index (χ2v) is 8.11. The van der Waals surface area contributed by atoms with Crippen molar-refractivity contribution in [3.8, 4) is 0 Å². The Morgan fingerprint density at radius 2 is 1.68 bits per heavy atom. The van der Waals surface area contributed by atoms with E-state index in [2.05, 4.69) is 15.4 Å². The number of sulfonamides is 1. The number of carbonyl (C=O) groups is 2. The molecule has 0 aliphatic heterocycles. The summed E-state index contributed by atoms with van der Waals surface area (Å²) in [5.41, 5.74) is 1.57. The average molecular weight is 404 g/mol. The molecule has 0 radical (unpaired) electrons. The maximum atomic E-state index is 12.5. The first kappa shape index (κ1) is 21.4. The second-order valence-electron chi connectivity index (χ2n) is 6.43. The Hall–Kier alpha value is -2.87. The van der Waals surface area contributed by atoms with E-state index in [1.54, 1.807) is 19.1 Å². The number of hydrogen-bond donors (Lipinski definition) is 3. The van der Waals surface area contributed by atoms with E-state index in [4.69, 9.17) is 0 Å². The molecule has 0 heterocycles. The van der Waals surface area contributed by atoms with Crippen LogP contribution in [0.5, 0.6) is 0 Å². The van der Waals surface area contributed by atoms with Crippen LogP contribution in [0.15, 0.2) is 53.4 Å². The molecule has 0 saturated heterocycles. The summed E-state index contributed by atoms with van der Waals surface area (Å²) in [6, 6.07) is 11.9. The summed E-state index contributed by atoms with van der Waals surface area (Å²) in [5.74, 6) is -0.716. The van der Waals surface area contributed by atoms with Gasteiger partial charge in [0.2, 0.25) is 5.91 Å². The number of hydrogen-bond acceptors (Lipinski definition) is 4. The van der Waals surface area contributed by atoms with Gasteiger partial charge in [0.25, 0.3) is 15.9 Å². The molecule has 8 heteroatoms. The fourth-order valence-corrected chi connectivity index (χ4v) is 3.55. The molecule has 28 heavy (non-hydrogen) atoms. The summed E-state index contributed by atoms with van der Waals surface area (Å²) in [6.07, 6.45) is 0.804. The molecule has 0 unspecified atom stereocenters. The molecular weight excluding hydrogens is 378 g/mol. The van der Waals surface area contributed by atoms with Gasteiger partial charge in [0.15, 0.2) is 0 Å². The van der Waals surface area contributed by atoms with Gasteiger partial charge in [-0.1, -0.05) is 25.1 Å². The number of para-hydroxylation sites is 1. The van der Waals surface area contributed by atoms with Crippen LogP contribution in [0, 0.1) is 6.92 Å². The van der Waals surface area contributed by atoms with Crippen LogP contribution in [0.1, 0.15) is 36.2 Å². The number of nitrogens with one attached hydrogen (secondary N) is 3. The fraction of sp³-hybridized carbons (Fsp3) is 0.300. The number of carbonyl (C=O) groups excluding carboxylic acids is 2. The first-order valence-corrected chi connectivity index (χ1v) is 10.5. The van der Waals surface area contributed by atoms with Gasteiger partial charge in [-0.2, -0.15) is 0 Å². The predicted molar refractivity (Wildman–Crippen MR) is 109 cm³/mol. The molecule has 2 aromatic rings. The zero-order valence-corrected chi connectivity index (χ0v) is 17.0. The van der Waals surface area contributed by atoms with Crippen LogP contribution in [0.3, 0.4) is 0 Å². The van der Waals surface area contributed by atoms with Crippen molar-refractivity contribution in [2.24, 2.45) is 0 Å². The first-order chi connectivity index (χ1) is 13.2. The summed E-state index contributed by atoms with van der Waals surface area (Å²) in [7, 11) is -3.77. The summed E-state index contributed by atoms with van der Waals surface area (Å²) in [5, 5.41) is 5.30. The molecule has 0 aromatic heterocycles. The molecule has 0 spiro atoms. The van der Waals surface area contributed by atoms with Gasteiger partial charge in [-0.25, -0.2) is 8.42 Å². The van der Waals surface area contributed by atoms with E-state index in [1.807, 2.05) is 26.0 Å². The third-order valence-corrected chi connectivity index (χ3v) is 5.49. The molecule has 1 atom stereocenters. The van der Waals surface area contributed by atoms with Crippen molar-refractivity contribution in [3.05, 3.63) is 59.7 Å². The molecule has 2 aromatic carbocycles. The van der Waals surface area contributed by atoms with Crippen LogP contribution in [-0.2, 0) is 14.8 Å². The molecule has 0 bridgehead atoms. The molecule has 150 valence electrons. The van der Waals surface area contributed by atoms with E-state index in [0.29, 0.717) is 12.2 Å². The van der Waals surface area contributed by atoms with E-state index in [9.17, 15) is 18.0 Å². The Morgan fingerprint density at radius 1 is 1.04 bits per heavy atom. The quantitative estimate of drug-likeness (QED) is 0.630. The Labute approximate surface area is 165 Å². The lowest BCUT2D eigenvalue weighted by Crippen LogP contribution is -2.45. The van der Waals surface area contributed by atoms with Gasteiger partial charge in [-0.05, 0) is 56.2 Å². The Bertz CT molecular complexity index is 940. The maximum absolute atomic E-state index is 12.5. The van der Waals surface area contributed by atoms with Crippen LogP contribution in [0.4, 0.5) is 5.69 Å². The first-order valence-electron chi connectivity index (χ1n) is 9.01. The minimum Gasteiger partial charge on any atom is -0.354 e. The third-order valence-electron chi connectivity index (χ3n) is 4.11. The zero-order chi connectivity index (χ0) is 20.7. The number of benzene rings is 2. The lowest BCUT2D eigenvalue weighted by Gasteiger charge is -2.14. The number of aryl methyl sites for hydroxylation is 1. The van der Waals surface area contributed by atoms with E-state index in [-0.39, 0.29) is 16.4 Å². The molecular formula is C20H25N3O4S. The van der Waals surface area contributed by atoms with Gasteiger partial charge in [-0.3, -0.25) is 14.3 Å². The van der Waals surface area contributed by atoms with E-state index >= 15 is 0 Å². The van der Waals surface area contributed by atoms with E-state index in [0.717, 1.165) is 12.0 Å². The highest BCUT2D eigenvalue weighted by atomic mass is 32.2. The van der Waals surface area contributed by atoms with Gasteiger partial charge in [-0.15, -0.1) is 0 Å². The minimum atomic E-state index is -3.77. The van der Waals surface area contributed by atoms with Crippen molar-refractivity contribution in [2.45, 2.75) is 38.1 Å². The van der Waals surface area contributed by atoms with Gasteiger partial charge >= 0.3 is 0 Å². The summed E-state index contributed by atoms with van der Waals surface area (Å²) in [4.78, 5) is 24.2. The summed E-state index contributed by atoms with van der Waals surface area (Å²) < 4.78 is 27.6. The Morgan fingerprint density at radius 3 is 2.29 bits per heavy atom. The smallest absolute Gasteiger partial charge is 0.261 e. The Balaban J connectivity index is 2.07. The number of anilines is 1. The predicted octanol–water partition coefficient (Wildman–Crippen LogP) is 2.44. The third kappa shape index (κ3) is 5.56. The van der Waals surface area contributed by atoms with Gasteiger partial charge in [0.1, 0.15) is 6.04 Å². The highest BCUT2D eigenvalue weighted by Crippen LogP contribution is 2.19. The van der Waals surface area contributed by atoms with E-state index < -0.39 is 22.0 Å². The molecule has 2 amide bonds. The zero-order valence-electron chi connectivity index (χ0n) is 16.2. The summed E-state index contributed by atoms with van der Waals surface area (Å²) >= 11 is 0. The van der Waals surface area contributed by atoms with Gasteiger partial charge in [0.05, 0.1) is 10.6 Å². The van der Waals surface area contributed by atoms with Crippen molar-refractivity contribution in [2.75, 3.05) is 11.3 Å². The highest BCUT2D eigenvalue weighted by molar-refractivity contribution is 7.92. The van der Waals surface area contributed by atoms with Gasteiger partial charge < -0.3 is 10.6 Å². The molecule has 7 nitrogen and oxygen atoms in total. The van der Waals surface area contributed by atoms with Crippen LogP contribution >= 0.6 is 0 Å². The SMILES string of the molecule is CCCNC(=O)[C@H](C)NC(=O)c1ccc(S(=O)(=O)Nc2ccccc2C)cc1. The fourth-order valence-electron chi connectivity index (χ4n) is 2.42. The molecule has 0 aliphatic carbocycles.